The maximum absolute atomic E-state index is 6.35. The lowest BCUT2D eigenvalue weighted by Crippen LogP contribution is -2.47. The zero-order chi connectivity index (χ0) is 24.6. The van der Waals surface area contributed by atoms with Crippen molar-refractivity contribution in [1.29, 1.82) is 0 Å². The van der Waals surface area contributed by atoms with Crippen LogP contribution >= 0.6 is 11.6 Å². The smallest absolute Gasteiger partial charge is 0.150 e. The van der Waals surface area contributed by atoms with Crippen LogP contribution in [0.15, 0.2) is 85.3 Å². The molecular formula is C30H28ClN5. The lowest BCUT2D eigenvalue weighted by Gasteiger charge is -2.37. The van der Waals surface area contributed by atoms with E-state index in [1.54, 1.807) is 6.33 Å². The fraction of sp³-hybridized carbons (Fsp3) is 0.200. The van der Waals surface area contributed by atoms with Gasteiger partial charge in [0.15, 0.2) is 5.65 Å². The Kier molecular flexibility index (Phi) is 5.86. The quantitative estimate of drug-likeness (QED) is 0.279. The third-order valence-corrected chi connectivity index (χ3v) is 7.47. The van der Waals surface area contributed by atoms with E-state index in [0.29, 0.717) is 5.02 Å². The first-order valence-electron chi connectivity index (χ1n) is 12.3. The molecule has 0 radical (unpaired) electrons. The minimum absolute atomic E-state index is 0.701. The zero-order valence-corrected chi connectivity index (χ0v) is 21.3. The van der Waals surface area contributed by atoms with E-state index in [-0.39, 0.29) is 0 Å². The van der Waals surface area contributed by atoms with Crippen molar-refractivity contribution in [2.75, 3.05) is 36.0 Å². The van der Waals surface area contributed by atoms with Crippen molar-refractivity contribution in [2.24, 2.45) is 0 Å². The van der Waals surface area contributed by atoms with Gasteiger partial charge in [0.1, 0.15) is 12.1 Å². The van der Waals surface area contributed by atoms with Gasteiger partial charge in [-0.25, -0.2) is 9.97 Å². The predicted octanol–water partition coefficient (Wildman–Crippen LogP) is 6.68. The van der Waals surface area contributed by atoms with Gasteiger partial charge in [0.2, 0.25) is 0 Å². The van der Waals surface area contributed by atoms with Crippen LogP contribution in [0.2, 0.25) is 5.02 Å². The Morgan fingerprint density at radius 2 is 1.53 bits per heavy atom. The Balaban J connectivity index is 1.42. The van der Waals surface area contributed by atoms with E-state index in [0.717, 1.165) is 59.8 Å². The molecule has 3 heterocycles. The summed E-state index contributed by atoms with van der Waals surface area (Å²) < 4.78 is 2.13. The summed E-state index contributed by atoms with van der Waals surface area (Å²) in [4.78, 5) is 14.5. The van der Waals surface area contributed by atoms with Crippen molar-refractivity contribution in [3.05, 3.63) is 101 Å². The molecule has 180 valence electrons. The minimum Gasteiger partial charge on any atom is -0.368 e. The molecule has 2 aromatic heterocycles. The molecule has 0 saturated carbocycles. The summed E-state index contributed by atoms with van der Waals surface area (Å²) in [5.41, 5.74) is 8.17. The average Bonchev–Trinajstić information content (AvgIpc) is 3.31. The summed E-state index contributed by atoms with van der Waals surface area (Å²) >= 11 is 6.35. The molecule has 1 aliphatic rings. The Labute approximate surface area is 216 Å². The van der Waals surface area contributed by atoms with Crippen molar-refractivity contribution < 1.29 is 0 Å². The van der Waals surface area contributed by atoms with Crippen LogP contribution in [0.5, 0.6) is 0 Å². The van der Waals surface area contributed by atoms with Crippen molar-refractivity contribution in [2.45, 2.75) is 13.8 Å². The fourth-order valence-corrected chi connectivity index (χ4v) is 5.37. The largest absolute Gasteiger partial charge is 0.368 e. The van der Waals surface area contributed by atoms with Crippen molar-refractivity contribution in [3.8, 4) is 16.8 Å². The summed E-state index contributed by atoms with van der Waals surface area (Å²) in [6.07, 6.45) is 3.85. The number of aromatic nitrogens is 3. The van der Waals surface area contributed by atoms with Crippen LogP contribution in [0, 0.1) is 13.8 Å². The number of nitrogens with zero attached hydrogens (tertiary/aromatic N) is 5. The molecule has 1 fully saturated rings. The van der Waals surface area contributed by atoms with Crippen LogP contribution < -0.4 is 9.80 Å². The molecule has 5 nitrogen and oxygen atoms in total. The van der Waals surface area contributed by atoms with Gasteiger partial charge < -0.3 is 14.4 Å². The number of rotatable bonds is 4. The number of hydrogen-bond donors (Lipinski definition) is 0. The monoisotopic (exact) mass is 493 g/mol. The van der Waals surface area contributed by atoms with Gasteiger partial charge in [0, 0.05) is 54.3 Å². The molecule has 0 spiro atoms. The van der Waals surface area contributed by atoms with Crippen LogP contribution in [0.3, 0.4) is 0 Å². The van der Waals surface area contributed by atoms with Gasteiger partial charge in [0.05, 0.1) is 5.39 Å². The Morgan fingerprint density at radius 3 is 2.31 bits per heavy atom. The summed E-state index contributed by atoms with van der Waals surface area (Å²) in [7, 11) is 0. The highest BCUT2D eigenvalue weighted by Gasteiger charge is 2.25. The zero-order valence-electron chi connectivity index (χ0n) is 20.5. The molecule has 0 amide bonds. The van der Waals surface area contributed by atoms with Gasteiger partial charge in [-0.05, 0) is 54.8 Å². The number of benzene rings is 3. The Bertz CT molecular complexity index is 1530. The van der Waals surface area contributed by atoms with Crippen LogP contribution in [0.1, 0.15) is 11.1 Å². The van der Waals surface area contributed by atoms with Crippen LogP contribution in [-0.4, -0.2) is 40.7 Å². The molecule has 3 aromatic carbocycles. The normalized spacial score (nSPS) is 14.0. The topological polar surface area (TPSA) is 37.2 Å². The van der Waals surface area contributed by atoms with Crippen molar-refractivity contribution in [3.63, 3.8) is 0 Å². The van der Waals surface area contributed by atoms with E-state index >= 15 is 0 Å². The number of aryl methyl sites for hydroxylation is 1. The lowest BCUT2D eigenvalue weighted by atomic mass is 10.1. The summed E-state index contributed by atoms with van der Waals surface area (Å²) in [5, 5.41) is 1.77. The molecule has 6 heteroatoms. The first kappa shape index (κ1) is 22.6. The van der Waals surface area contributed by atoms with Gasteiger partial charge >= 0.3 is 0 Å². The molecule has 1 aliphatic heterocycles. The maximum atomic E-state index is 6.35. The molecular weight excluding hydrogens is 466 g/mol. The fourth-order valence-electron chi connectivity index (χ4n) is 5.18. The third-order valence-electron chi connectivity index (χ3n) is 7.23. The van der Waals surface area contributed by atoms with E-state index in [4.69, 9.17) is 21.6 Å². The first-order chi connectivity index (χ1) is 17.6. The highest BCUT2D eigenvalue weighted by atomic mass is 35.5. The number of hydrogen-bond acceptors (Lipinski definition) is 4. The second kappa shape index (κ2) is 9.32. The molecule has 0 bridgehead atoms. The summed E-state index contributed by atoms with van der Waals surface area (Å²) in [6.45, 7) is 8.10. The number of anilines is 2. The Morgan fingerprint density at radius 1 is 0.778 bits per heavy atom. The van der Waals surface area contributed by atoms with Crippen molar-refractivity contribution >= 4 is 34.1 Å². The number of fused-ring (bicyclic) bond motifs is 1. The number of halogens is 1. The van der Waals surface area contributed by atoms with Gasteiger partial charge in [-0.15, -0.1) is 0 Å². The average molecular weight is 494 g/mol. The van der Waals surface area contributed by atoms with Gasteiger partial charge in [-0.3, -0.25) is 0 Å². The van der Waals surface area contributed by atoms with E-state index < -0.39 is 0 Å². The standard InChI is InChI=1S/C30H28ClN5/c1-21-8-6-13-27(22(21)2)34-14-16-35(17-15-34)29-28-26(23-9-4-3-5-10-23)19-36(30(28)33-20-32-29)25-12-7-11-24(31)18-25/h3-13,18-20H,14-17H2,1-2H3. The minimum atomic E-state index is 0.701. The highest BCUT2D eigenvalue weighted by Crippen LogP contribution is 2.37. The van der Waals surface area contributed by atoms with E-state index in [2.05, 4.69) is 82.9 Å². The van der Waals surface area contributed by atoms with Gasteiger partial charge in [-0.2, -0.15) is 0 Å². The van der Waals surface area contributed by atoms with Crippen LogP contribution in [-0.2, 0) is 0 Å². The van der Waals surface area contributed by atoms with Gasteiger partial charge in [-0.1, -0.05) is 60.1 Å². The SMILES string of the molecule is Cc1cccc(N2CCN(c3ncnc4c3c(-c3ccccc3)cn4-c3cccc(Cl)c3)CC2)c1C. The molecule has 0 unspecified atom stereocenters. The van der Waals surface area contributed by atoms with E-state index in [1.165, 1.54) is 16.8 Å². The lowest BCUT2D eigenvalue weighted by molar-refractivity contribution is 0.647. The summed E-state index contributed by atoms with van der Waals surface area (Å²) in [5.74, 6) is 0.986. The van der Waals surface area contributed by atoms with Crippen LogP contribution in [0.25, 0.3) is 27.8 Å². The molecule has 0 N–H and O–H groups in total. The second-order valence-electron chi connectivity index (χ2n) is 9.35. The third kappa shape index (κ3) is 3.99. The predicted molar refractivity (Wildman–Crippen MR) is 150 cm³/mol. The van der Waals surface area contributed by atoms with E-state index in [1.807, 2.05) is 24.3 Å². The second-order valence-corrected chi connectivity index (χ2v) is 9.78. The van der Waals surface area contributed by atoms with Crippen LogP contribution in [0.4, 0.5) is 11.5 Å². The molecule has 1 saturated heterocycles. The molecule has 0 aliphatic carbocycles. The van der Waals surface area contributed by atoms with Gasteiger partial charge in [0.25, 0.3) is 0 Å². The molecule has 5 aromatic rings. The van der Waals surface area contributed by atoms with E-state index in [9.17, 15) is 0 Å². The Hall–Kier alpha value is -3.83. The molecule has 6 rings (SSSR count). The summed E-state index contributed by atoms with van der Waals surface area (Å²) in [6, 6.07) is 25.0. The molecule has 36 heavy (non-hydrogen) atoms. The van der Waals surface area contributed by atoms with Crippen molar-refractivity contribution in [1.82, 2.24) is 14.5 Å². The maximum Gasteiger partial charge on any atom is 0.150 e. The molecule has 0 atom stereocenters. The highest BCUT2D eigenvalue weighted by molar-refractivity contribution is 6.30. The number of piperazine rings is 1. The first-order valence-corrected chi connectivity index (χ1v) is 12.7.